The van der Waals surface area contributed by atoms with E-state index in [2.05, 4.69) is 40.7 Å². The zero-order valence-electron chi connectivity index (χ0n) is 21.3. The normalized spacial score (nSPS) is 11.1. The number of hydrogen-bond donors (Lipinski definition) is 2. The Hall–Kier alpha value is -5.30. The smallest absolute Gasteiger partial charge is 0.335 e. The van der Waals surface area contributed by atoms with Crippen molar-refractivity contribution in [2.75, 3.05) is 0 Å². The van der Waals surface area contributed by atoms with E-state index < -0.39 is 5.97 Å². The number of amides is 1. The average molecular weight is 530 g/mol. The number of benzene rings is 5. The van der Waals surface area contributed by atoms with Crippen LogP contribution in [0.2, 0.25) is 0 Å². The fourth-order valence-electron chi connectivity index (χ4n) is 4.91. The minimum atomic E-state index is -1.01. The quantitative estimate of drug-likeness (QED) is 0.242. The average Bonchev–Trinajstić information content (AvgIpc) is 3.38. The molecule has 1 amide bonds. The molecule has 0 bridgehead atoms. The van der Waals surface area contributed by atoms with Gasteiger partial charge in [-0.05, 0) is 75.5 Å². The number of rotatable bonds is 7. The standard InChI is InChI=1S/C33H24FN3O3/c34-29-7-3-6-26(16-29)27-15-28-19-36-37(20-22-10-11-23-4-1-2-5-25(23)14-22)31(28)30(17-27)32(38)35-18-21-8-12-24(13-9-21)33(39)40/h1-17,19H,18,20H2,(H,35,38)(H,39,40). The molecule has 7 heteroatoms. The number of carbonyl (C=O) groups is 2. The van der Waals surface area contributed by atoms with Crippen LogP contribution in [0.3, 0.4) is 0 Å². The Balaban J connectivity index is 1.38. The molecule has 6 nitrogen and oxygen atoms in total. The fourth-order valence-corrected chi connectivity index (χ4v) is 4.91. The molecule has 0 aliphatic heterocycles. The van der Waals surface area contributed by atoms with Gasteiger partial charge < -0.3 is 10.4 Å². The maximum Gasteiger partial charge on any atom is 0.335 e. The van der Waals surface area contributed by atoms with Gasteiger partial charge in [0, 0.05) is 11.9 Å². The molecule has 6 aromatic rings. The van der Waals surface area contributed by atoms with E-state index in [9.17, 15) is 14.0 Å². The lowest BCUT2D eigenvalue weighted by atomic mass is 9.99. The van der Waals surface area contributed by atoms with Gasteiger partial charge in [0.05, 0.1) is 29.4 Å². The van der Waals surface area contributed by atoms with Gasteiger partial charge in [0.25, 0.3) is 5.91 Å². The van der Waals surface area contributed by atoms with Gasteiger partial charge in [0.15, 0.2) is 0 Å². The predicted octanol–water partition coefficient (Wildman–Crippen LogP) is 6.67. The highest BCUT2D eigenvalue weighted by molar-refractivity contribution is 6.07. The summed E-state index contributed by atoms with van der Waals surface area (Å²) < 4.78 is 15.8. The van der Waals surface area contributed by atoms with Crippen molar-refractivity contribution in [1.29, 1.82) is 0 Å². The number of aromatic carboxylic acids is 1. The van der Waals surface area contributed by atoms with Gasteiger partial charge in [-0.3, -0.25) is 9.48 Å². The molecule has 6 rings (SSSR count). The number of nitrogens with zero attached hydrogens (tertiary/aromatic N) is 2. The molecule has 0 saturated heterocycles. The zero-order valence-corrected chi connectivity index (χ0v) is 21.3. The minimum Gasteiger partial charge on any atom is -0.478 e. The highest BCUT2D eigenvalue weighted by Gasteiger charge is 2.18. The number of carboxylic acid groups (broad SMARTS) is 1. The number of aromatic nitrogens is 2. The van der Waals surface area contributed by atoms with Crippen LogP contribution in [-0.4, -0.2) is 26.8 Å². The molecule has 196 valence electrons. The third kappa shape index (κ3) is 5.05. The van der Waals surface area contributed by atoms with Crippen LogP contribution in [0.25, 0.3) is 32.8 Å². The van der Waals surface area contributed by atoms with Gasteiger partial charge in [-0.25, -0.2) is 9.18 Å². The van der Waals surface area contributed by atoms with E-state index in [1.165, 1.54) is 24.3 Å². The summed E-state index contributed by atoms with van der Waals surface area (Å²) in [7, 11) is 0. The molecule has 0 spiro atoms. The van der Waals surface area contributed by atoms with Crippen LogP contribution in [0, 0.1) is 5.82 Å². The van der Waals surface area contributed by atoms with E-state index >= 15 is 0 Å². The Kier molecular flexibility index (Phi) is 6.54. The summed E-state index contributed by atoms with van der Waals surface area (Å²) in [4.78, 5) is 24.8. The number of halogens is 1. The summed E-state index contributed by atoms with van der Waals surface area (Å²) >= 11 is 0. The number of hydrogen-bond acceptors (Lipinski definition) is 3. The molecule has 1 aromatic heterocycles. The van der Waals surface area contributed by atoms with Crippen LogP contribution in [0.15, 0.2) is 109 Å². The second-order valence-electron chi connectivity index (χ2n) is 9.64. The molecule has 0 fully saturated rings. The Morgan fingerprint density at radius 1 is 0.775 bits per heavy atom. The van der Waals surface area contributed by atoms with Crippen molar-refractivity contribution < 1.29 is 19.1 Å². The summed E-state index contributed by atoms with van der Waals surface area (Å²) in [5.41, 5.74) is 4.43. The van der Waals surface area contributed by atoms with Crippen LogP contribution >= 0.6 is 0 Å². The van der Waals surface area contributed by atoms with Gasteiger partial charge in [-0.1, -0.05) is 60.7 Å². The molecule has 0 atom stereocenters. The Morgan fingerprint density at radius 3 is 2.33 bits per heavy atom. The van der Waals surface area contributed by atoms with Crippen LogP contribution in [-0.2, 0) is 13.1 Å². The molecular weight excluding hydrogens is 505 g/mol. The predicted molar refractivity (Wildman–Crippen MR) is 153 cm³/mol. The van der Waals surface area contributed by atoms with Gasteiger partial charge >= 0.3 is 5.97 Å². The summed E-state index contributed by atoms with van der Waals surface area (Å²) in [6.07, 6.45) is 1.72. The topological polar surface area (TPSA) is 84.2 Å². The Labute approximate surface area is 229 Å². The summed E-state index contributed by atoms with van der Waals surface area (Å²) in [5.74, 6) is -1.68. The van der Waals surface area contributed by atoms with Crippen molar-refractivity contribution in [1.82, 2.24) is 15.1 Å². The van der Waals surface area contributed by atoms with Crippen molar-refractivity contribution in [2.24, 2.45) is 0 Å². The highest BCUT2D eigenvalue weighted by Crippen LogP contribution is 2.29. The molecule has 0 aliphatic rings. The lowest BCUT2D eigenvalue weighted by molar-refractivity contribution is 0.0696. The van der Waals surface area contributed by atoms with Crippen LogP contribution in [0.4, 0.5) is 4.39 Å². The maximum atomic E-state index is 14.0. The number of carboxylic acids is 1. The molecule has 1 heterocycles. The van der Waals surface area contributed by atoms with Crippen molar-refractivity contribution in [2.45, 2.75) is 13.1 Å². The molecule has 0 unspecified atom stereocenters. The number of carbonyl (C=O) groups excluding carboxylic acids is 1. The summed E-state index contributed by atoms with van der Waals surface area (Å²) in [6, 6.07) is 30.7. The van der Waals surface area contributed by atoms with Gasteiger partial charge in [0.1, 0.15) is 5.82 Å². The first-order valence-corrected chi connectivity index (χ1v) is 12.8. The third-order valence-electron chi connectivity index (χ3n) is 6.94. The Bertz CT molecular complexity index is 1890. The fraction of sp³-hybridized carbons (Fsp3) is 0.0606. The minimum absolute atomic E-state index is 0.178. The monoisotopic (exact) mass is 529 g/mol. The van der Waals surface area contributed by atoms with E-state index in [0.717, 1.165) is 27.3 Å². The van der Waals surface area contributed by atoms with E-state index in [0.29, 0.717) is 28.8 Å². The lowest BCUT2D eigenvalue weighted by Gasteiger charge is -2.13. The van der Waals surface area contributed by atoms with E-state index in [4.69, 9.17) is 5.11 Å². The third-order valence-corrected chi connectivity index (χ3v) is 6.94. The van der Waals surface area contributed by atoms with E-state index in [1.807, 2.05) is 22.9 Å². The van der Waals surface area contributed by atoms with Crippen molar-refractivity contribution in [3.8, 4) is 11.1 Å². The second-order valence-corrected chi connectivity index (χ2v) is 9.64. The first-order valence-electron chi connectivity index (χ1n) is 12.8. The van der Waals surface area contributed by atoms with Crippen LogP contribution < -0.4 is 5.32 Å². The molecular formula is C33H24FN3O3. The van der Waals surface area contributed by atoms with E-state index in [-0.39, 0.29) is 23.8 Å². The van der Waals surface area contributed by atoms with Crippen molar-refractivity contribution in [3.63, 3.8) is 0 Å². The van der Waals surface area contributed by atoms with Gasteiger partial charge in [-0.2, -0.15) is 5.10 Å². The SMILES string of the molecule is O=C(O)c1ccc(CNC(=O)c2cc(-c3cccc(F)c3)cc3cnn(Cc4ccc5ccccc5c4)c23)cc1. The van der Waals surface area contributed by atoms with Gasteiger partial charge in [-0.15, -0.1) is 0 Å². The maximum absolute atomic E-state index is 14.0. The lowest BCUT2D eigenvalue weighted by Crippen LogP contribution is -2.24. The van der Waals surface area contributed by atoms with E-state index in [1.54, 1.807) is 36.5 Å². The van der Waals surface area contributed by atoms with Gasteiger partial charge in [0.2, 0.25) is 0 Å². The molecule has 0 aliphatic carbocycles. The molecule has 0 radical (unpaired) electrons. The highest BCUT2D eigenvalue weighted by atomic mass is 19.1. The number of nitrogens with one attached hydrogen (secondary N) is 1. The molecule has 2 N–H and O–H groups in total. The first kappa shape index (κ1) is 25.0. The Morgan fingerprint density at radius 2 is 1.55 bits per heavy atom. The van der Waals surface area contributed by atoms with Crippen LogP contribution in [0.1, 0.15) is 31.8 Å². The second kappa shape index (κ2) is 10.5. The van der Waals surface area contributed by atoms with Crippen molar-refractivity contribution in [3.05, 3.63) is 137 Å². The zero-order chi connectivity index (χ0) is 27.6. The molecule has 0 saturated carbocycles. The number of fused-ring (bicyclic) bond motifs is 2. The summed E-state index contributed by atoms with van der Waals surface area (Å²) in [5, 5.41) is 19.7. The first-order chi connectivity index (χ1) is 19.4. The summed E-state index contributed by atoms with van der Waals surface area (Å²) in [6.45, 7) is 0.674. The van der Waals surface area contributed by atoms with Crippen LogP contribution in [0.5, 0.6) is 0 Å². The van der Waals surface area contributed by atoms with Crippen molar-refractivity contribution >= 4 is 33.6 Å². The molecule has 40 heavy (non-hydrogen) atoms. The largest absolute Gasteiger partial charge is 0.478 e. The molecule has 5 aromatic carbocycles.